The monoisotopic (exact) mass is 366 g/mol. The molecule has 132 valence electrons. The predicted octanol–water partition coefficient (Wildman–Crippen LogP) is 2.95. The number of amides is 1. The van der Waals surface area contributed by atoms with E-state index >= 15 is 0 Å². The number of fused-ring (bicyclic) bond motifs is 1. The summed E-state index contributed by atoms with van der Waals surface area (Å²) in [5.41, 5.74) is 4.59. The summed E-state index contributed by atoms with van der Waals surface area (Å²) in [6, 6.07) is 7.70. The molecule has 4 rings (SSSR count). The number of aromatic nitrogens is 3. The Morgan fingerprint density at radius 3 is 2.88 bits per heavy atom. The third-order valence-electron chi connectivity index (χ3n) is 4.57. The second-order valence-corrected chi connectivity index (χ2v) is 7.23. The number of nitrogens with one attached hydrogen (secondary N) is 2. The van der Waals surface area contributed by atoms with Gasteiger partial charge in [0.1, 0.15) is 0 Å². The van der Waals surface area contributed by atoms with Crippen molar-refractivity contribution in [2.24, 2.45) is 0 Å². The second kappa shape index (κ2) is 7.21. The Morgan fingerprint density at radius 2 is 2.08 bits per heavy atom. The van der Waals surface area contributed by atoms with Crippen molar-refractivity contribution in [3.63, 3.8) is 0 Å². The Kier molecular flexibility index (Phi) is 4.62. The largest absolute Gasteiger partial charge is 0.320 e. The van der Waals surface area contributed by atoms with E-state index in [1.807, 2.05) is 24.3 Å². The van der Waals surface area contributed by atoms with Gasteiger partial charge in [0.05, 0.1) is 5.69 Å². The lowest BCUT2D eigenvalue weighted by molar-refractivity contribution is 0.102. The minimum Gasteiger partial charge on any atom is -0.320 e. The summed E-state index contributed by atoms with van der Waals surface area (Å²) < 4.78 is 0. The number of carbonyl (C=O) groups excluding carboxylic acids is 1. The standard InChI is InChI=1S/C19H18N4O2S/c24-17-15-7-2-1-6-14(15)16(22-23-17)11-12-4-3-5-13(10-12)21-18(25)19-20-8-9-26-19/h3-5,8-10H,1-2,6-7,11H2,(H,21,25)(H,23,24). The Bertz CT molecular complexity index is 995. The zero-order chi connectivity index (χ0) is 17.9. The third kappa shape index (κ3) is 3.43. The molecule has 1 aliphatic carbocycles. The molecule has 26 heavy (non-hydrogen) atoms. The van der Waals surface area contributed by atoms with Crippen molar-refractivity contribution in [3.05, 3.63) is 73.6 Å². The molecule has 1 amide bonds. The SMILES string of the molecule is O=C(Nc1cccc(Cc2n[nH]c(=O)c3c2CCCC3)c1)c1nccs1. The highest BCUT2D eigenvalue weighted by molar-refractivity contribution is 7.11. The van der Waals surface area contributed by atoms with Crippen LogP contribution in [0.1, 0.15) is 45.0 Å². The van der Waals surface area contributed by atoms with Crippen LogP contribution in [0.5, 0.6) is 0 Å². The van der Waals surface area contributed by atoms with Gasteiger partial charge in [0, 0.05) is 29.2 Å². The van der Waals surface area contributed by atoms with E-state index in [0.29, 0.717) is 11.4 Å². The molecule has 0 spiro atoms. The van der Waals surface area contributed by atoms with E-state index in [2.05, 4.69) is 20.5 Å². The zero-order valence-corrected chi connectivity index (χ0v) is 14.9. The maximum atomic E-state index is 12.2. The molecule has 3 aromatic rings. The van der Waals surface area contributed by atoms with E-state index < -0.39 is 0 Å². The van der Waals surface area contributed by atoms with Crippen LogP contribution in [-0.4, -0.2) is 21.1 Å². The molecule has 2 N–H and O–H groups in total. The highest BCUT2D eigenvalue weighted by Crippen LogP contribution is 2.23. The van der Waals surface area contributed by atoms with Gasteiger partial charge in [0.25, 0.3) is 11.5 Å². The summed E-state index contributed by atoms with van der Waals surface area (Å²) in [5, 5.41) is 12.0. The lowest BCUT2D eigenvalue weighted by atomic mass is 9.90. The van der Waals surface area contributed by atoms with E-state index in [-0.39, 0.29) is 11.5 Å². The average Bonchev–Trinajstić information content (AvgIpc) is 3.20. The molecular formula is C19H18N4O2S. The lowest BCUT2D eigenvalue weighted by Gasteiger charge is -2.17. The molecular weight excluding hydrogens is 348 g/mol. The molecule has 7 heteroatoms. The number of anilines is 1. The number of H-pyrrole nitrogens is 1. The molecule has 0 saturated carbocycles. The first-order valence-electron chi connectivity index (χ1n) is 8.60. The first-order chi connectivity index (χ1) is 12.7. The van der Waals surface area contributed by atoms with E-state index in [0.717, 1.165) is 53.8 Å². The van der Waals surface area contributed by atoms with Crippen molar-refractivity contribution < 1.29 is 4.79 Å². The number of thiazole rings is 1. The maximum absolute atomic E-state index is 12.2. The minimum absolute atomic E-state index is 0.0621. The summed E-state index contributed by atoms with van der Waals surface area (Å²) in [6.45, 7) is 0. The summed E-state index contributed by atoms with van der Waals surface area (Å²) in [4.78, 5) is 28.2. The Labute approximate surface area is 154 Å². The van der Waals surface area contributed by atoms with Gasteiger partial charge in [-0.1, -0.05) is 12.1 Å². The highest BCUT2D eigenvalue weighted by Gasteiger charge is 2.18. The van der Waals surface area contributed by atoms with Gasteiger partial charge >= 0.3 is 0 Å². The fourth-order valence-electron chi connectivity index (χ4n) is 3.35. The zero-order valence-electron chi connectivity index (χ0n) is 14.1. The number of rotatable bonds is 4. The molecule has 2 aromatic heterocycles. The van der Waals surface area contributed by atoms with Crippen LogP contribution < -0.4 is 10.9 Å². The van der Waals surface area contributed by atoms with Crippen LogP contribution in [0.4, 0.5) is 5.69 Å². The normalized spacial score (nSPS) is 13.2. The van der Waals surface area contributed by atoms with Crippen LogP contribution in [0, 0.1) is 0 Å². The van der Waals surface area contributed by atoms with Gasteiger partial charge in [-0.15, -0.1) is 11.3 Å². The molecule has 0 saturated heterocycles. The highest BCUT2D eigenvalue weighted by atomic mass is 32.1. The van der Waals surface area contributed by atoms with E-state index in [1.165, 1.54) is 11.3 Å². The van der Waals surface area contributed by atoms with E-state index in [4.69, 9.17) is 0 Å². The fourth-order valence-corrected chi connectivity index (χ4v) is 3.88. The molecule has 1 aliphatic rings. The molecule has 0 unspecified atom stereocenters. The van der Waals surface area contributed by atoms with Crippen LogP contribution in [0.2, 0.25) is 0 Å². The summed E-state index contributed by atoms with van der Waals surface area (Å²) in [5.74, 6) is -0.211. The summed E-state index contributed by atoms with van der Waals surface area (Å²) in [7, 11) is 0. The smallest absolute Gasteiger partial charge is 0.284 e. The molecule has 0 radical (unpaired) electrons. The molecule has 0 aliphatic heterocycles. The molecule has 0 atom stereocenters. The third-order valence-corrected chi connectivity index (χ3v) is 5.34. The Morgan fingerprint density at radius 1 is 1.23 bits per heavy atom. The van der Waals surface area contributed by atoms with Gasteiger partial charge in [-0.3, -0.25) is 9.59 Å². The van der Waals surface area contributed by atoms with Gasteiger partial charge in [0.2, 0.25) is 0 Å². The summed E-state index contributed by atoms with van der Waals surface area (Å²) in [6.07, 6.45) is 6.11. The molecule has 0 bridgehead atoms. The van der Waals surface area contributed by atoms with Crippen LogP contribution in [0.15, 0.2) is 40.6 Å². The minimum atomic E-state index is -0.211. The topological polar surface area (TPSA) is 87.7 Å². The first-order valence-corrected chi connectivity index (χ1v) is 9.48. The van der Waals surface area contributed by atoms with Crippen molar-refractivity contribution in [3.8, 4) is 0 Å². The molecule has 6 nitrogen and oxygen atoms in total. The van der Waals surface area contributed by atoms with Crippen molar-refractivity contribution >= 4 is 22.9 Å². The van der Waals surface area contributed by atoms with Crippen molar-refractivity contribution in [2.45, 2.75) is 32.1 Å². The van der Waals surface area contributed by atoms with Crippen molar-refractivity contribution in [2.75, 3.05) is 5.32 Å². The van der Waals surface area contributed by atoms with Crippen LogP contribution in [0.3, 0.4) is 0 Å². The van der Waals surface area contributed by atoms with Gasteiger partial charge in [-0.2, -0.15) is 5.10 Å². The lowest BCUT2D eigenvalue weighted by Crippen LogP contribution is -2.23. The van der Waals surface area contributed by atoms with Gasteiger partial charge in [-0.25, -0.2) is 10.1 Å². The van der Waals surface area contributed by atoms with Crippen LogP contribution in [0.25, 0.3) is 0 Å². The van der Waals surface area contributed by atoms with E-state index in [1.54, 1.807) is 11.6 Å². The van der Waals surface area contributed by atoms with Gasteiger partial charge < -0.3 is 5.32 Å². The second-order valence-electron chi connectivity index (χ2n) is 6.33. The summed E-state index contributed by atoms with van der Waals surface area (Å²) >= 11 is 1.31. The number of hydrogen-bond donors (Lipinski definition) is 2. The fraction of sp³-hybridized carbons (Fsp3) is 0.263. The van der Waals surface area contributed by atoms with Gasteiger partial charge in [-0.05, 0) is 48.9 Å². The number of aromatic amines is 1. The predicted molar refractivity (Wildman–Crippen MR) is 101 cm³/mol. The maximum Gasteiger partial charge on any atom is 0.284 e. The van der Waals surface area contributed by atoms with Crippen molar-refractivity contribution in [1.29, 1.82) is 0 Å². The number of benzene rings is 1. The quantitative estimate of drug-likeness (QED) is 0.743. The number of hydrogen-bond acceptors (Lipinski definition) is 5. The average molecular weight is 366 g/mol. The first kappa shape index (κ1) is 16.7. The van der Waals surface area contributed by atoms with E-state index in [9.17, 15) is 9.59 Å². The van der Waals surface area contributed by atoms with Crippen LogP contribution >= 0.6 is 11.3 Å². The van der Waals surface area contributed by atoms with Gasteiger partial charge in [0.15, 0.2) is 5.01 Å². The number of nitrogens with zero attached hydrogens (tertiary/aromatic N) is 2. The Hall–Kier alpha value is -2.80. The number of carbonyl (C=O) groups is 1. The molecule has 2 heterocycles. The molecule has 0 fully saturated rings. The molecule has 1 aromatic carbocycles. The van der Waals surface area contributed by atoms with Crippen molar-refractivity contribution in [1.82, 2.24) is 15.2 Å². The van der Waals surface area contributed by atoms with Crippen LogP contribution in [-0.2, 0) is 19.3 Å². The Balaban J connectivity index is 1.56.